The highest BCUT2D eigenvalue weighted by Crippen LogP contribution is 2.16. The molecule has 4 nitrogen and oxygen atoms in total. The molecule has 0 aliphatic carbocycles. The van der Waals surface area contributed by atoms with E-state index in [2.05, 4.69) is 5.32 Å². The normalized spacial score (nSPS) is 12.0. The molecule has 0 bridgehead atoms. The van der Waals surface area contributed by atoms with E-state index in [1.807, 2.05) is 48.7 Å². The van der Waals surface area contributed by atoms with Crippen LogP contribution in [0.2, 0.25) is 0 Å². The second-order valence-corrected chi connectivity index (χ2v) is 7.82. The van der Waals surface area contributed by atoms with Gasteiger partial charge in [0.15, 0.2) is 5.76 Å². The van der Waals surface area contributed by atoms with Crippen molar-refractivity contribution >= 4 is 28.0 Å². The van der Waals surface area contributed by atoms with Crippen LogP contribution in [0.15, 0.2) is 63.2 Å². The fourth-order valence-corrected chi connectivity index (χ4v) is 3.99. The Morgan fingerprint density at radius 3 is 2.83 bits per heavy atom. The standard InChI is InChI=1S/C18H17NO3S2/c1-13-4-2-6-16(10-13)24(21)12-14-7-8-17(22-14)18(20)19-11-15-5-3-9-23-15/h2-10H,11-12H2,1H3,(H,19,20)/t24-/m0/s1. The smallest absolute Gasteiger partial charge is 0.287 e. The van der Waals surface area contributed by atoms with E-state index in [4.69, 9.17) is 4.42 Å². The molecule has 1 atom stereocenters. The van der Waals surface area contributed by atoms with Crippen LogP contribution in [0.3, 0.4) is 0 Å². The SMILES string of the molecule is Cc1cccc([S@@](=O)Cc2ccc(C(=O)NCc3cccs3)o2)c1. The van der Waals surface area contributed by atoms with Gasteiger partial charge < -0.3 is 9.73 Å². The number of carbonyl (C=O) groups is 1. The Bertz CT molecular complexity index is 853. The van der Waals surface area contributed by atoms with Crippen molar-refractivity contribution in [2.24, 2.45) is 0 Å². The van der Waals surface area contributed by atoms with E-state index in [9.17, 15) is 9.00 Å². The van der Waals surface area contributed by atoms with Crippen LogP contribution in [-0.2, 0) is 23.1 Å². The molecule has 124 valence electrons. The van der Waals surface area contributed by atoms with Crippen molar-refractivity contribution in [3.05, 3.63) is 75.9 Å². The zero-order valence-corrected chi connectivity index (χ0v) is 14.8. The van der Waals surface area contributed by atoms with Crippen molar-refractivity contribution in [3.8, 4) is 0 Å². The molecule has 0 saturated heterocycles. The van der Waals surface area contributed by atoms with Gasteiger partial charge in [-0.2, -0.15) is 0 Å². The Hall–Kier alpha value is -2.18. The van der Waals surface area contributed by atoms with Crippen molar-refractivity contribution in [2.75, 3.05) is 0 Å². The van der Waals surface area contributed by atoms with Crippen LogP contribution in [0.25, 0.3) is 0 Å². The number of thiophene rings is 1. The summed E-state index contributed by atoms with van der Waals surface area (Å²) in [5.74, 6) is 0.761. The molecule has 3 rings (SSSR count). The van der Waals surface area contributed by atoms with Gasteiger partial charge in [-0.25, -0.2) is 0 Å². The number of nitrogens with one attached hydrogen (secondary N) is 1. The molecule has 2 heterocycles. The Kier molecular flexibility index (Phi) is 5.27. The summed E-state index contributed by atoms with van der Waals surface area (Å²) >= 11 is 1.59. The molecule has 1 amide bonds. The summed E-state index contributed by atoms with van der Waals surface area (Å²) < 4.78 is 17.9. The predicted octanol–water partition coefficient (Wildman–Crippen LogP) is 3.89. The summed E-state index contributed by atoms with van der Waals surface area (Å²) in [6.07, 6.45) is 0. The van der Waals surface area contributed by atoms with E-state index in [1.165, 1.54) is 0 Å². The first-order valence-corrected chi connectivity index (χ1v) is 9.66. The summed E-state index contributed by atoms with van der Waals surface area (Å²) in [7, 11) is -1.20. The maximum absolute atomic E-state index is 12.4. The summed E-state index contributed by atoms with van der Waals surface area (Å²) in [6, 6.07) is 14.8. The Morgan fingerprint density at radius 2 is 2.08 bits per heavy atom. The Labute approximate surface area is 147 Å². The van der Waals surface area contributed by atoms with Gasteiger partial charge in [0.1, 0.15) is 5.76 Å². The van der Waals surface area contributed by atoms with Crippen molar-refractivity contribution in [2.45, 2.75) is 24.1 Å². The van der Waals surface area contributed by atoms with Crippen molar-refractivity contribution in [1.82, 2.24) is 5.32 Å². The molecule has 3 aromatic rings. The van der Waals surface area contributed by atoms with Gasteiger partial charge in [-0.15, -0.1) is 11.3 Å². The molecule has 24 heavy (non-hydrogen) atoms. The average molecular weight is 359 g/mol. The van der Waals surface area contributed by atoms with Crippen molar-refractivity contribution in [1.29, 1.82) is 0 Å². The first-order valence-electron chi connectivity index (χ1n) is 7.46. The molecule has 0 aliphatic rings. The van der Waals surface area contributed by atoms with E-state index >= 15 is 0 Å². The minimum Gasteiger partial charge on any atom is -0.455 e. The average Bonchev–Trinajstić information content (AvgIpc) is 3.24. The summed E-state index contributed by atoms with van der Waals surface area (Å²) in [6.45, 7) is 2.44. The fourth-order valence-electron chi connectivity index (χ4n) is 2.21. The molecular formula is C18H17NO3S2. The second-order valence-electron chi connectivity index (χ2n) is 5.33. The Balaban J connectivity index is 1.60. The maximum Gasteiger partial charge on any atom is 0.287 e. The quantitative estimate of drug-likeness (QED) is 0.726. The molecule has 0 radical (unpaired) electrons. The minimum absolute atomic E-state index is 0.239. The first-order chi connectivity index (χ1) is 11.6. The molecule has 1 aromatic carbocycles. The molecular weight excluding hydrogens is 342 g/mol. The van der Waals surface area contributed by atoms with Crippen molar-refractivity contribution < 1.29 is 13.4 Å². The van der Waals surface area contributed by atoms with Crippen LogP contribution in [0.4, 0.5) is 0 Å². The molecule has 1 N–H and O–H groups in total. The first kappa shape index (κ1) is 16.7. The Morgan fingerprint density at radius 1 is 1.21 bits per heavy atom. The summed E-state index contributed by atoms with van der Waals surface area (Å²) in [5.41, 5.74) is 1.06. The molecule has 0 spiro atoms. The summed E-state index contributed by atoms with van der Waals surface area (Å²) in [5, 5.41) is 4.77. The predicted molar refractivity (Wildman–Crippen MR) is 95.5 cm³/mol. The number of hydrogen-bond acceptors (Lipinski definition) is 4. The lowest BCUT2D eigenvalue weighted by Crippen LogP contribution is -2.21. The zero-order chi connectivity index (χ0) is 16.9. The van der Waals surface area contributed by atoms with Crippen LogP contribution in [0.5, 0.6) is 0 Å². The van der Waals surface area contributed by atoms with Crippen LogP contribution >= 0.6 is 11.3 Å². The van der Waals surface area contributed by atoms with Crippen LogP contribution < -0.4 is 5.32 Å². The number of benzene rings is 1. The van der Waals surface area contributed by atoms with Gasteiger partial charge in [0, 0.05) is 9.77 Å². The molecule has 0 fully saturated rings. The van der Waals surface area contributed by atoms with E-state index in [0.717, 1.165) is 15.3 Å². The summed E-state index contributed by atoms with van der Waals surface area (Å²) in [4.78, 5) is 13.9. The number of furan rings is 1. The third-order valence-electron chi connectivity index (χ3n) is 3.41. The molecule has 0 aliphatic heterocycles. The van der Waals surface area contributed by atoms with Gasteiger partial charge in [0.05, 0.1) is 23.1 Å². The number of hydrogen-bond donors (Lipinski definition) is 1. The van der Waals surface area contributed by atoms with Gasteiger partial charge in [-0.3, -0.25) is 9.00 Å². The lowest BCUT2D eigenvalue weighted by atomic mass is 10.2. The highest BCUT2D eigenvalue weighted by atomic mass is 32.2. The number of amides is 1. The number of aryl methyl sites for hydroxylation is 1. The second kappa shape index (κ2) is 7.59. The van der Waals surface area contributed by atoms with Crippen LogP contribution in [0.1, 0.15) is 26.8 Å². The van der Waals surface area contributed by atoms with Crippen molar-refractivity contribution in [3.63, 3.8) is 0 Å². The molecule has 2 aromatic heterocycles. The van der Waals surface area contributed by atoms with Gasteiger partial charge in [0.25, 0.3) is 5.91 Å². The molecule has 0 unspecified atom stereocenters. The van der Waals surface area contributed by atoms with Gasteiger partial charge in [0.2, 0.25) is 0 Å². The molecule has 6 heteroatoms. The molecule has 0 saturated carbocycles. The van der Waals surface area contributed by atoms with E-state index in [0.29, 0.717) is 12.3 Å². The lowest BCUT2D eigenvalue weighted by Gasteiger charge is -2.02. The number of carbonyl (C=O) groups excluding carboxylic acids is 1. The van der Waals surface area contributed by atoms with E-state index in [1.54, 1.807) is 23.5 Å². The minimum atomic E-state index is -1.20. The zero-order valence-electron chi connectivity index (χ0n) is 13.2. The van der Waals surface area contributed by atoms with E-state index < -0.39 is 10.8 Å². The maximum atomic E-state index is 12.4. The van der Waals surface area contributed by atoms with Gasteiger partial charge in [-0.1, -0.05) is 18.2 Å². The third kappa shape index (κ3) is 4.21. The highest BCUT2D eigenvalue weighted by molar-refractivity contribution is 7.84. The lowest BCUT2D eigenvalue weighted by molar-refractivity contribution is 0.0922. The topological polar surface area (TPSA) is 59.3 Å². The number of rotatable bonds is 6. The van der Waals surface area contributed by atoms with Gasteiger partial charge >= 0.3 is 0 Å². The monoisotopic (exact) mass is 359 g/mol. The largest absolute Gasteiger partial charge is 0.455 e. The van der Waals surface area contributed by atoms with Crippen LogP contribution in [0, 0.1) is 6.92 Å². The third-order valence-corrected chi connectivity index (χ3v) is 5.62. The fraction of sp³-hybridized carbons (Fsp3) is 0.167. The highest BCUT2D eigenvalue weighted by Gasteiger charge is 2.13. The van der Waals surface area contributed by atoms with Crippen LogP contribution in [-0.4, -0.2) is 10.1 Å². The van der Waals surface area contributed by atoms with Gasteiger partial charge in [-0.05, 0) is 48.2 Å². The van der Waals surface area contributed by atoms with E-state index in [-0.39, 0.29) is 17.4 Å².